The normalized spacial score (nSPS) is 24.5. The summed E-state index contributed by atoms with van der Waals surface area (Å²) in [6, 6.07) is 2.07. The SMILES string of the molecule is c1cc(C2CCCC2)nc(NC[C@H]2CCCCO2)n1. The number of nitrogens with zero attached hydrogens (tertiary/aromatic N) is 2. The van der Waals surface area contributed by atoms with E-state index in [0.29, 0.717) is 12.0 Å². The summed E-state index contributed by atoms with van der Waals surface area (Å²) in [5.74, 6) is 1.41. The highest BCUT2D eigenvalue weighted by molar-refractivity contribution is 5.26. The van der Waals surface area contributed by atoms with Gasteiger partial charge >= 0.3 is 0 Å². The lowest BCUT2D eigenvalue weighted by Crippen LogP contribution is -2.27. The average molecular weight is 261 g/mol. The molecule has 1 aliphatic carbocycles. The summed E-state index contributed by atoms with van der Waals surface area (Å²) in [4.78, 5) is 8.98. The molecule has 1 N–H and O–H groups in total. The first-order valence-corrected chi connectivity index (χ1v) is 7.60. The molecule has 104 valence electrons. The molecule has 1 saturated heterocycles. The fraction of sp³-hybridized carbons (Fsp3) is 0.733. The molecular weight excluding hydrogens is 238 g/mol. The van der Waals surface area contributed by atoms with E-state index < -0.39 is 0 Å². The van der Waals surface area contributed by atoms with E-state index >= 15 is 0 Å². The van der Waals surface area contributed by atoms with Gasteiger partial charge in [-0.3, -0.25) is 0 Å². The molecule has 0 radical (unpaired) electrons. The molecule has 1 aliphatic heterocycles. The third-order valence-electron chi connectivity index (χ3n) is 4.21. The van der Waals surface area contributed by atoms with Crippen LogP contribution in [0.4, 0.5) is 5.95 Å². The van der Waals surface area contributed by atoms with E-state index in [1.165, 1.54) is 44.2 Å². The molecule has 0 amide bonds. The number of aromatic nitrogens is 2. The first-order valence-electron chi connectivity index (χ1n) is 7.60. The summed E-state index contributed by atoms with van der Waals surface area (Å²) < 4.78 is 5.71. The Labute approximate surface area is 115 Å². The van der Waals surface area contributed by atoms with Crippen molar-refractivity contribution >= 4 is 5.95 Å². The Morgan fingerprint density at radius 2 is 2.00 bits per heavy atom. The van der Waals surface area contributed by atoms with Gasteiger partial charge in [-0.05, 0) is 38.2 Å². The van der Waals surface area contributed by atoms with Crippen molar-refractivity contribution in [2.75, 3.05) is 18.5 Å². The first kappa shape index (κ1) is 12.9. The second-order valence-corrected chi connectivity index (χ2v) is 5.66. The number of hydrogen-bond donors (Lipinski definition) is 1. The number of anilines is 1. The number of nitrogens with one attached hydrogen (secondary N) is 1. The maximum Gasteiger partial charge on any atom is 0.222 e. The minimum atomic E-state index is 0.326. The van der Waals surface area contributed by atoms with Crippen molar-refractivity contribution in [1.82, 2.24) is 9.97 Å². The zero-order valence-corrected chi connectivity index (χ0v) is 11.5. The van der Waals surface area contributed by atoms with Gasteiger partial charge in [0.25, 0.3) is 0 Å². The Hall–Kier alpha value is -1.16. The van der Waals surface area contributed by atoms with Gasteiger partial charge in [0.2, 0.25) is 5.95 Å². The highest BCUT2D eigenvalue weighted by Gasteiger charge is 2.19. The molecule has 1 aromatic heterocycles. The molecule has 1 atom stereocenters. The van der Waals surface area contributed by atoms with Crippen molar-refractivity contribution in [2.24, 2.45) is 0 Å². The lowest BCUT2D eigenvalue weighted by Gasteiger charge is -2.22. The van der Waals surface area contributed by atoms with Crippen LogP contribution in [0, 0.1) is 0 Å². The molecule has 4 heteroatoms. The molecule has 2 aliphatic rings. The lowest BCUT2D eigenvalue weighted by molar-refractivity contribution is 0.0246. The van der Waals surface area contributed by atoms with Crippen LogP contribution in [0.3, 0.4) is 0 Å². The first-order chi connectivity index (χ1) is 9.42. The monoisotopic (exact) mass is 261 g/mol. The molecule has 0 spiro atoms. The number of ether oxygens (including phenoxy) is 1. The number of hydrogen-bond acceptors (Lipinski definition) is 4. The molecule has 19 heavy (non-hydrogen) atoms. The maximum absolute atomic E-state index is 5.71. The van der Waals surface area contributed by atoms with E-state index in [4.69, 9.17) is 4.74 Å². The molecule has 0 bridgehead atoms. The number of rotatable bonds is 4. The Morgan fingerprint density at radius 3 is 2.79 bits per heavy atom. The van der Waals surface area contributed by atoms with Crippen LogP contribution in [0.5, 0.6) is 0 Å². The Kier molecular flexibility index (Phi) is 4.28. The highest BCUT2D eigenvalue weighted by atomic mass is 16.5. The topological polar surface area (TPSA) is 47.0 Å². The molecule has 1 saturated carbocycles. The molecular formula is C15H23N3O. The summed E-state index contributed by atoms with van der Waals surface area (Å²) >= 11 is 0. The second-order valence-electron chi connectivity index (χ2n) is 5.66. The van der Waals surface area contributed by atoms with Gasteiger partial charge in [0.05, 0.1) is 6.10 Å². The van der Waals surface area contributed by atoms with Crippen LogP contribution in [-0.4, -0.2) is 29.2 Å². The molecule has 2 fully saturated rings. The molecule has 3 rings (SSSR count). The van der Waals surface area contributed by atoms with Crippen molar-refractivity contribution in [3.63, 3.8) is 0 Å². The van der Waals surface area contributed by atoms with E-state index in [9.17, 15) is 0 Å². The molecule has 0 unspecified atom stereocenters. The third kappa shape index (κ3) is 3.44. The highest BCUT2D eigenvalue weighted by Crippen LogP contribution is 2.32. The Bertz CT molecular complexity index is 398. The fourth-order valence-corrected chi connectivity index (χ4v) is 3.08. The summed E-state index contributed by atoms with van der Waals surface area (Å²) in [6.45, 7) is 1.73. The van der Waals surface area contributed by atoms with Gasteiger partial charge in [-0.2, -0.15) is 0 Å². The van der Waals surface area contributed by atoms with Crippen LogP contribution >= 0.6 is 0 Å². The van der Waals surface area contributed by atoms with Crippen molar-refractivity contribution in [2.45, 2.75) is 57.0 Å². The van der Waals surface area contributed by atoms with Gasteiger partial charge in [-0.15, -0.1) is 0 Å². The minimum absolute atomic E-state index is 0.326. The van der Waals surface area contributed by atoms with Gasteiger partial charge in [0.15, 0.2) is 0 Å². The van der Waals surface area contributed by atoms with Crippen molar-refractivity contribution in [1.29, 1.82) is 0 Å². The van der Waals surface area contributed by atoms with Crippen molar-refractivity contribution < 1.29 is 4.74 Å². The average Bonchev–Trinajstić information content (AvgIpc) is 3.01. The molecule has 2 heterocycles. The zero-order chi connectivity index (χ0) is 12.9. The van der Waals surface area contributed by atoms with E-state index in [-0.39, 0.29) is 0 Å². The third-order valence-corrected chi connectivity index (χ3v) is 4.21. The van der Waals surface area contributed by atoms with Crippen molar-refractivity contribution in [3.05, 3.63) is 18.0 Å². The quantitative estimate of drug-likeness (QED) is 0.904. The largest absolute Gasteiger partial charge is 0.376 e. The summed E-state index contributed by atoms with van der Waals surface area (Å²) in [6.07, 6.45) is 11.1. The molecule has 1 aromatic rings. The minimum Gasteiger partial charge on any atom is -0.376 e. The second kappa shape index (κ2) is 6.33. The summed E-state index contributed by atoms with van der Waals surface area (Å²) in [5, 5.41) is 3.33. The maximum atomic E-state index is 5.71. The van der Waals surface area contributed by atoms with Crippen LogP contribution in [-0.2, 0) is 4.74 Å². The standard InChI is InChI=1S/C15H23N3O/c1-2-6-12(5-1)14-8-9-16-15(18-14)17-11-13-7-3-4-10-19-13/h8-9,12-13H,1-7,10-11H2,(H,16,17,18)/t13-/m1/s1. The van der Waals surface area contributed by atoms with E-state index in [1.807, 2.05) is 6.20 Å². The van der Waals surface area contributed by atoms with E-state index in [1.54, 1.807) is 0 Å². The van der Waals surface area contributed by atoms with E-state index in [2.05, 4.69) is 21.4 Å². The zero-order valence-electron chi connectivity index (χ0n) is 11.5. The smallest absolute Gasteiger partial charge is 0.222 e. The van der Waals surface area contributed by atoms with Crippen molar-refractivity contribution in [3.8, 4) is 0 Å². The molecule has 4 nitrogen and oxygen atoms in total. The Morgan fingerprint density at radius 1 is 1.16 bits per heavy atom. The predicted molar refractivity (Wildman–Crippen MR) is 75.3 cm³/mol. The van der Waals surface area contributed by atoms with Crippen LogP contribution in [0.2, 0.25) is 0 Å². The van der Waals surface area contributed by atoms with Crippen LogP contribution in [0.25, 0.3) is 0 Å². The van der Waals surface area contributed by atoms with Gasteiger partial charge in [-0.25, -0.2) is 9.97 Å². The van der Waals surface area contributed by atoms with Gasteiger partial charge < -0.3 is 10.1 Å². The molecule has 0 aromatic carbocycles. The lowest BCUT2D eigenvalue weighted by atomic mass is 10.0. The van der Waals surface area contributed by atoms with Gasteiger partial charge in [0.1, 0.15) is 0 Å². The van der Waals surface area contributed by atoms with Crippen LogP contribution < -0.4 is 5.32 Å². The Balaban J connectivity index is 1.56. The predicted octanol–water partition coefficient (Wildman–Crippen LogP) is 3.12. The van der Waals surface area contributed by atoms with Crippen LogP contribution in [0.15, 0.2) is 12.3 Å². The summed E-state index contributed by atoms with van der Waals surface area (Å²) in [5.41, 5.74) is 1.21. The van der Waals surface area contributed by atoms with Gasteiger partial charge in [-0.1, -0.05) is 12.8 Å². The fourth-order valence-electron chi connectivity index (χ4n) is 3.08. The van der Waals surface area contributed by atoms with Crippen LogP contribution in [0.1, 0.15) is 56.6 Å². The van der Waals surface area contributed by atoms with Gasteiger partial charge in [0, 0.05) is 31.0 Å². The summed E-state index contributed by atoms with van der Waals surface area (Å²) in [7, 11) is 0. The van der Waals surface area contributed by atoms with E-state index in [0.717, 1.165) is 25.5 Å².